The number of fused-ring (bicyclic) bond motifs is 3. The lowest BCUT2D eigenvalue weighted by Crippen LogP contribution is -2.22. The molecule has 0 fully saturated rings. The van der Waals surface area contributed by atoms with E-state index in [1.165, 1.54) is 16.9 Å². The van der Waals surface area contributed by atoms with Gasteiger partial charge in [-0.2, -0.15) is 0 Å². The predicted molar refractivity (Wildman–Crippen MR) is 110 cm³/mol. The van der Waals surface area contributed by atoms with E-state index in [-0.39, 0.29) is 5.56 Å². The van der Waals surface area contributed by atoms with Crippen LogP contribution in [0.5, 0.6) is 0 Å². The second-order valence-electron chi connectivity index (χ2n) is 6.21. The molecule has 132 valence electrons. The molecular weight excluding hydrogens is 376 g/mol. The number of hydrogen-bond donors (Lipinski definition) is 0. The highest BCUT2D eigenvalue weighted by Gasteiger charge is 2.11. The lowest BCUT2D eigenvalue weighted by atomic mass is 10.2. The van der Waals surface area contributed by atoms with Crippen LogP contribution in [0.25, 0.3) is 22.1 Å². The van der Waals surface area contributed by atoms with Crippen molar-refractivity contribution in [3.8, 4) is 0 Å². The molecule has 6 heteroatoms. The van der Waals surface area contributed by atoms with Crippen LogP contribution in [0.4, 0.5) is 0 Å². The molecule has 0 aliphatic heterocycles. The van der Waals surface area contributed by atoms with Crippen molar-refractivity contribution in [2.75, 3.05) is 0 Å². The molecule has 0 radical (unpaired) electrons. The second kappa shape index (κ2) is 6.40. The first-order valence-corrected chi connectivity index (χ1v) is 10.1. The first kappa shape index (κ1) is 16.4. The van der Waals surface area contributed by atoms with Crippen LogP contribution in [0.3, 0.4) is 0 Å². The molecule has 5 rings (SSSR count). The van der Waals surface area contributed by atoms with E-state index < -0.39 is 0 Å². The quantitative estimate of drug-likeness (QED) is 0.455. The third-order valence-corrected chi connectivity index (χ3v) is 6.16. The van der Waals surface area contributed by atoms with Crippen molar-refractivity contribution >= 4 is 45.2 Å². The minimum absolute atomic E-state index is 0.0622. The Morgan fingerprint density at radius 3 is 2.74 bits per heavy atom. The molecule has 0 aliphatic rings. The van der Waals surface area contributed by atoms with Crippen molar-refractivity contribution in [1.29, 1.82) is 0 Å². The third kappa shape index (κ3) is 2.97. The molecule has 3 aromatic heterocycles. The highest BCUT2D eigenvalue weighted by atomic mass is 32.2. The summed E-state index contributed by atoms with van der Waals surface area (Å²) in [4.78, 5) is 19.1. The van der Waals surface area contributed by atoms with Gasteiger partial charge in [-0.05, 0) is 43.3 Å². The topological polar surface area (TPSA) is 47.5 Å². The van der Waals surface area contributed by atoms with Gasteiger partial charge >= 0.3 is 0 Å². The van der Waals surface area contributed by atoms with Gasteiger partial charge in [0, 0.05) is 11.0 Å². The first-order chi connectivity index (χ1) is 13.2. The van der Waals surface area contributed by atoms with E-state index in [0.717, 1.165) is 21.0 Å². The van der Waals surface area contributed by atoms with Crippen molar-refractivity contribution in [2.24, 2.45) is 0 Å². The zero-order chi connectivity index (χ0) is 18.4. The average molecular weight is 390 g/mol. The summed E-state index contributed by atoms with van der Waals surface area (Å²) in [5, 5.41) is 0.796. The number of furan rings is 1. The molecule has 0 bridgehead atoms. The third-order valence-electron chi connectivity index (χ3n) is 4.26. The largest absolute Gasteiger partial charge is 0.450 e. The van der Waals surface area contributed by atoms with Gasteiger partial charge in [0.05, 0.1) is 11.0 Å². The van der Waals surface area contributed by atoms with Gasteiger partial charge in [0.1, 0.15) is 10.3 Å². The van der Waals surface area contributed by atoms with Gasteiger partial charge in [-0.3, -0.25) is 4.79 Å². The minimum atomic E-state index is -0.0622. The molecule has 0 spiro atoms. The number of nitrogens with zero attached hydrogens (tertiary/aromatic N) is 2. The van der Waals surface area contributed by atoms with Crippen LogP contribution in [0, 0.1) is 6.92 Å². The van der Waals surface area contributed by atoms with Gasteiger partial charge in [0.15, 0.2) is 10.1 Å². The Bertz CT molecular complexity index is 1380. The number of imidazole rings is 1. The van der Waals surface area contributed by atoms with Gasteiger partial charge in [-0.1, -0.05) is 52.9 Å². The minimum Gasteiger partial charge on any atom is -0.450 e. The van der Waals surface area contributed by atoms with Crippen LogP contribution < -0.4 is 10.1 Å². The van der Waals surface area contributed by atoms with Crippen LogP contribution in [-0.4, -0.2) is 9.38 Å². The normalized spacial score (nSPS) is 12.4. The average Bonchev–Trinajstić information content (AvgIpc) is 3.33. The summed E-state index contributed by atoms with van der Waals surface area (Å²) in [6, 6.07) is 19.8. The molecule has 0 aliphatic carbocycles. The van der Waals surface area contributed by atoms with Gasteiger partial charge in [-0.15, -0.1) is 0 Å². The fraction of sp³-hybridized carbons (Fsp3) is 0.0476. The maximum absolute atomic E-state index is 12.8. The number of hydrogen-bond acceptors (Lipinski definition) is 5. The number of thiazole rings is 1. The highest BCUT2D eigenvalue weighted by molar-refractivity contribution is 7.99. The maximum atomic E-state index is 12.8. The Hall–Kier alpha value is -2.83. The SMILES string of the molecule is Cc1ccc(Sc2ccc(/C=c3\sc4nc5ccccc5n4c3=O)o2)cc1. The monoisotopic (exact) mass is 390 g/mol. The zero-order valence-electron chi connectivity index (χ0n) is 14.4. The van der Waals surface area contributed by atoms with Gasteiger partial charge < -0.3 is 4.42 Å². The smallest absolute Gasteiger partial charge is 0.275 e. The van der Waals surface area contributed by atoms with Crippen molar-refractivity contribution < 1.29 is 4.42 Å². The molecule has 0 unspecified atom stereocenters. The molecule has 0 atom stereocenters. The molecule has 3 heterocycles. The van der Waals surface area contributed by atoms with Crippen molar-refractivity contribution in [3.05, 3.63) is 86.9 Å². The van der Waals surface area contributed by atoms with E-state index in [9.17, 15) is 4.79 Å². The Kier molecular flexibility index (Phi) is 3.88. The molecular formula is C21H14N2O2S2. The van der Waals surface area contributed by atoms with Gasteiger partial charge in [-0.25, -0.2) is 9.38 Å². The summed E-state index contributed by atoms with van der Waals surface area (Å²) in [5.41, 5.74) is 2.84. The molecule has 0 saturated carbocycles. The molecule has 2 aromatic carbocycles. The molecule has 27 heavy (non-hydrogen) atoms. The highest BCUT2D eigenvalue weighted by Crippen LogP contribution is 2.29. The molecule has 4 nitrogen and oxygen atoms in total. The number of aromatic nitrogens is 2. The van der Waals surface area contributed by atoms with Crippen molar-refractivity contribution in [1.82, 2.24) is 9.38 Å². The van der Waals surface area contributed by atoms with Crippen LogP contribution in [-0.2, 0) is 0 Å². The molecule has 5 aromatic rings. The van der Waals surface area contributed by atoms with E-state index in [0.29, 0.717) is 15.3 Å². The second-order valence-corrected chi connectivity index (χ2v) is 8.29. The van der Waals surface area contributed by atoms with Crippen molar-refractivity contribution in [3.63, 3.8) is 0 Å². The predicted octanol–water partition coefficient (Wildman–Crippen LogP) is 4.51. The summed E-state index contributed by atoms with van der Waals surface area (Å²) in [7, 11) is 0. The van der Waals surface area contributed by atoms with E-state index >= 15 is 0 Å². The molecule has 0 amide bonds. The summed E-state index contributed by atoms with van der Waals surface area (Å²) in [5.74, 6) is 0.663. The van der Waals surface area contributed by atoms with Crippen LogP contribution in [0.15, 0.2) is 79.9 Å². The first-order valence-electron chi connectivity index (χ1n) is 8.43. The molecule has 0 N–H and O–H groups in total. The number of aryl methyl sites for hydroxylation is 1. The van der Waals surface area contributed by atoms with Crippen LogP contribution in [0.2, 0.25) is 0 Å². The summed E-state index contributed by atoms with van der Waals surface area (Å²) < 4.78 is 8.16. The lowest BCUT2D eigenvalue weighted by Gasteiger charge is -1.98. The Morgan fingerprint density at radius 1 is 1.07 bits per heavy atom. The fourth-order valence-corrected chi connectivity index (χ4v) is 4.68. The van der Waals surface area contributed by atoms with E-state index in [4.69, 9.17) is 4.42 Å². The van der Waals surface area contributed by atoms with Gasteiger partial charge in [0.2, 0.25) is 0 Å². The lowest BCUT2D eigenvalue weighted by molar-refractivity contribution is 0.466. The fourth-order valence-electron chi connectivity index (χ4n) is 2.93. The van der Waals surface area contributed by atoms with E-state index in [1.54, 1.807) is 22.2 Å². The van der Waals surface area contributed by atoms with Crippen molar-refractivity contribution in [2.45, 2.75) is 16.9 Å². The van der Waals surface area contributed by atoms with E-state index in [2.05, 4.69) is 36.2 Å². The standard InChI is InChI=1S/C21H14N2O2S2/c1-13-6-9-15(10-7-13)26-19-11-8-14(25-19)12-18-20(24)23-17-5-3-2-4-16(17)22-21(23)27-18/h2-12H,1H3/b18-12-. The Morgan fingerprint density at radius 2 is 1.89 bits per heavy atom. The molecule has 0 saturated heterocycles. The van der Waals surface area contributed by atoms with E-state index in [1.807, 2.05) is 36.4 Å². The summed E-state index contributed by atoms with van der Waals surface area (Å²) in [6.07, 6.45) is 1.79. The number of rotatable bonds is 3. The van der Waals surface area contributed by atoms with Crippen LogP contribution in [0.1, 0.15) is 11.3 Å². The maximum Gasteiger partial charge on any atom is 0.275 e. The van der Waals surface area contributed by atoms with Gasteiger partial charge in [0.25, 0.3) is 5.56 Å². The van der Waals surface area contributed by atoms with Crippen LogP contribution >= 0.6 is 23.1 Å². The summed E-state index contributed by atoms with van der Waals surface area (Å²) >= 11 is 2.94. The zero-order valence-corrected chi connectivity index (χ0v) is 16.0. The summed E-state index contributed by atoms with van der Waals surface area (Å²) in [6.45, 7) is 2.07. The Labute approximate surface area is 162 Å². The Balaban J connectivity index is 1.51. The number of benzene rings is 2. The number of para-hydroxylation sites is 2.